The summed E-state index contributed by atoms with van der Waals surface area (Å²) in [5.74, 6) is 0.148. The van der Waals surface area contributed by atoms with E-state index in [4.69, 9.17) is 18.0 Å². The second kappa shape index (κ2) is 7.41. The molecule has 1 aliphatic rings. The van der Waals surface area contributed by atoms with Crippen LogP contribution in [0.15, 0.2) is 24.3 Å². The Morgan fingerprint density at radius 1 is 1.38 bits per heavy atom. The monoisotopic (exact) mass is 305 g/mol. The smallest absolute Gasteiger partial charge is 0.224 e. The van der Waals surface area contributed by atoms with Gasteiger partial charge in [-0.1, -0.05) is 30.4 Å². The fourth-order valence-electron chi connectivity index (χ4n) is 2.67. The molecule has 0 bridgehead atoms. The van der Waals surface area contributed by atoms with Crippen LogP contribution in [0.5, 0.6) is 0 Å². The minimum Gasteiger partial charge on any atom is -0.393 e. The van der Waals surface area contributed by atoms with Gasteiger partial charge in [0.2, 0.25) is 5.91 Å². The average molecular weight is 305 g/mol. The molecule has 1 heterocycles. The maximum Gasteiger partial charge on any atom is 0.224 e. The molecule has 0 atom stereocenters. The van der Waals surface area contributed by atoms with E-state index in [1.807, 2.05) is 7.05 Å². The van der Waals surface area contributed by atoms with Crippen molar-refractivity contribution in [2.45, 2.75) is 25.7 Å². The number of nitrogens with two attached hydrogens (primary N) is 1. The predicted octanol–water partition coefficient (Wildman–Crippen LogP) is 1.96. The van der Waals surface area contributed by atoms with Crippen LogP contribution >= 0.6 is 12.2 Å². The predicted molar refractivity (Wildman–Crippen MR) is 90.6 cm³/mol. The zero-order chi connectivity index (χ0) is 15.2. The zero-order valence-corrected chi connectivity index (χ0v) is 13.4. The van der Waals surface area contributed by atoms with Crippen molar-refractivity contribution in [3.63, 3.8) is 0 Å². The van der Waals surface area contributed by atoms with Crippen molar-refractivity contribution in [2.24, 2.45) is 5.73 Å². The average Bonchev–Trinajstić information content (AvgIpc) is 2.50. The lowest BCUT2D eigenvalue weighted by Crippen LogP contribution is -2.35. The molecule has 0 radical (unpaired) electrons. The second-order valence-electron chi connectivity index (χ2n) is 5.50. The summed E-state index contributed by atoms with van der Waals surface area (Å²) >= 11 is 4.84. The third-order valence-corrected chi connectivity index (χ3v) is 4.13. The third kappa shape index (κ3) is 4.43. The van der Waals surface area contributed by atoms with E-state index in [0.29, 0.717) is 24.4 Å². The number of anilines is 1. The lowest BCUT2D eigenvalue weighted by Gasteiger charge is -2.31. The molecule has 0 aliphatic carbocycles. The van der Waals surface area contributed by atoms with Crippen LogP contribution in [-0.2, 0) is 11.2 Å². The highest BCUT2D eigenvalue weighted by molar-refractivity contribution is 7.80. The molecular weight excluding hydrogens is 282 g/mol. The van der Waals surface area contributed by atoms with Crippen molar-refractivity contribution in [2.75, 3.05) is 31.6 Å². The largest absolute Gasteiger partial charge is 0.393 e. The number of carbonyl (C=O) groups is 1. The molecule has 114 valence electrons. The quantitative estimate of drug-likeness (QED) is 0.816. The minimum absolute atomic E-state index is 0.148. The lowest BCUT2D eigenvalue weighted by atomic mass is 10.0. The van der Waals surface area contributed by atoms with E-state index in [-0.39, 0.29) is 5.91 Å². The molecule has 2 rings (SSSR count). The Balaban J connectivity index is 1.86. The highest BCUT2D eigenvalue weighted by atomic mass is 32.1. The zero-order valence-electron chi connectivity index (χ0n) is 12.5. The third-order valence-electron chi connectivity index (χ3n) is 3.92. The van der Waals surface area contributed by atoms with Gasteiger partial charge in [-0.2, -0.15) is 0 Å². The van der Waals surface area contributed by atoms with Gasteiger partial charge in [-0.25, -0.2) is 0 Å². The number of benzene rings is 1. The Bertz CT molecular complexity index is 518. The maximum absolute atomic E-state index is 12.1. The fourth-order valence-corrected chi connectivity index (χ4v) is 2.76. The van der Waals surface area contributed by atoms with E-state index in [9.17, 15) is 4.79 Å². The highest BCUT2D eigenvalue weighted by Crippen LogP contribution is 2.26. The molecule has 1 aromatic rings. The van der Waals surface area contributed by atoms with Gasteiger partial charge in [0.15, 0.2) is 0 Å². The molecule has 1 aliphatic heterocycles. The van der Waals surface area contributed by atoms with E-state index in [2.05, 4.69) is 29.2 Å². The van der Waals surface area contributed by atoms with Gasteiger partial charge in [-0.15, -0.1) is 0 Å². The Kier molecular flexibility index (Phi) is 5.56. The Morgan fingerprint density at radius 3 is 2.90 bits per heavy atom. The lowest BCUT2D eigenvalue weighted by molar-refractivity contribution is -0.129. The second-order valence-corrected chi connectivity index (χ2v) is 6.03. The first-order valence-corrected chi connectivity index (χ1v) is 7.84. The molecule has 5 heteroatoms. The number of hydrogen-bond acceptors (Lipinski definition) is 3. The van der Waals surface area contributed by atoms with Gasteiger partial charge in [0.05, 0.1) is 4.99 Å². The number of para-hydroxylation sites is 1. The first-order valence-electron chi connectivity index (χ1n) is 7.43. The highest BCUT2D eigenvalue weighted by Gasteiger charge is 2.17. The summed E-state index contributed by atoms with van der Waals surface area (Å²) in [6.07, 6.45) is 3.41. The summed E-state index contributed by atoms with van der Waals surface area (Å²) in [5.41, 5.74) is 8.14. The van der Waals surface area contributed by atoms with Gasteiger partial charge in [0.1, 0.15) is 0 Å². The van der Waals surface area contributed by atoms with Crippen molar-refractivity contribution < 1.29 is 4.79 Å². The molecule has 0 aromatic heterocycles. The fraction of sp³-hybridized carbons (Fsp3) is 0.500. The van der Waals surface area contributed by atoms with E-state index >= 15 is 0 Å². The van der Waals surface area contributed by atoms with Gasteiger partial charge in [0.25, 0.3) is 0 Å². The topological polar surface area (TPSA) is 49.6 Å². The van der Waals surface area contributed by atoms with Gasteiger partial charge in [0, 0.05) is 45.2 Å². The molecule has 1 aromatic carbocycles. The van der Waals surface area contributed by atoms with Crippen molar-refractivity contribution in [3.8, 4) is 0 Å². The Morgan fingerprint density at radius 2 is 2.14 bits per heavy atom. The molecule has 2 N–H and O–H groups in total. The number of fused-ring (bicyclic) bond motifs is 1. The summed E-state index contributed by atoms with van der Waals surface area (Å²) in [4.78, 5) is 16.6. The van der Waals surface area contributed by atoms with E-state index in [1.54, 1.807) is 4.90 Å². The van der Waals surface area contributed by atoms with E-state index in [0.717, 1.165) is 25.9 Å². The Hall–Kier alpha value is -1.62. The summed E-state index contributed by atoms with van der Waals surface area (Å²) in [5, 5.41) is 0. The maximum atomic E-state index is 12.1. The molecule has 0 unspecified atom stereocenters. The van der Waals surface area contributed by atoms with Crippen LogP contribution in [0.3, 0.4) is 0 Å². The Labute approximate surface area is 131 Å². The van der Waals surface area contributed by atoms with Crippen molar-refractivity contribution in [1.29, 1.82) is 0 Å². The SMILES string of the molecule is CN(CCC(N)=S)C(=O)CCN1CCCc2ccccc21. The molecule has 1 amide bonds. The van der Waals surface area contributed by atoms with Crippen LogP contribution in [0.2, 0.25) is 0 Å². The van der Waals surface area contributed by atoms with E-state index < -0.39 is 0 Å². The molecule has 0 saturated carbocycles. The number of amides is 1. The first-order chi connectivity index (χ1) is 10.1. The number of rotatable bonds is 6. The van der Waals surface area contributed by atoms with Crippen molar-refractivity contribution in [1.82, 2.24) is 4.90 Å². The summed E-state index contributed by atoms with van der Waals surface area (Å²) in [6, 6.07) is 8.47. The molecule has 0 spiro atoms. The van der Waals surface area contributed by atoms with Gasteiger partial charge >= 0.3 is 0 Å². The molecule has 0 fully saturated rings. The van der Waals surface area contributed by atoms with Gasteiger partial charge < -0.3 is 15.5 Å². The normalized spacial score (nSPS) is 13.7. The number of carbonyl (C=O) groups excluding carboxylic acids is 1. The van der Waals surface area contributed by atoms with Crippen molar-refractivity contribution in [3.05, 3.63) is 29.8 Å². The first kappa shape index (κ1) is 15.8. The van der Waals surface area contributed by atoms with Crippen LogP contribution < -0.4 is 10.6 Å². The van der Waals surface area contributed by atoms with Gasteiger partial charge in [-0.3, -0.25) is 4.79 Å². The summed E-state index contributed by atoms with van der Waals surface area (Å²) in [7, 11) is 1.81. The summed E-state index contributed by atoms with van der Waals surface area (Å²) in [6.45, 7) is 2.40. The number of nitrogens with zero attached hydrogens (tertiary/aromatic N) is 2. The van der Waals surface area contributed by atoms with Crippen LogP contribution in [0.1, 0.15) is 24.8 Å². The van der Waals surface area contributed by atoms with Crippen LogP contribution in [0.25, 0.3) is 0 Å². The number of hydrogen-bond donors (Lipinski definition) is 1. The van der Waals surface area contributed by atoms with Crippen molar-refractivity contribution >= 4 is 28.8 Å². The van der Waals surface area contributed by atoms with Crippen LogP contribution in [0.4, 0.5) is 5.69 Å². The molecule has 4 nitrogen and oxygen atoms in total. The van der Waals surface area contributed by atoms with Crippen LogP contribution in [-0.4, -0.2) is 42.5 Å². The molecule has 21 heavy (non-hydrogen) atoms. The summed E-state index contributed by atoms with van der Waals surface area (Å²) < 4.78 is 0. The number of thiocarbonyl (C=S) groups is 1. The number of aryl methyl sites for hydroxylation is 1. The van der Waals surface area contributed by atoms with Gasteiger partial charge in [-0.05, 0) is 24.5 Å². The standard InChI is InChI=1S/C16H23N3OS/c1-18(11-8-15(17)21)16(20)9-12-19-10-4-6-13-5-2-3-7-14(13)19/h2-3,5,7H,4,6,8-12H2,1H3,(H2,17,21). The van der Waals surface area contributed by atoms with E-state index in [1.165, 1.54) is 11.3 Å². The molecule has 0 saturated heterocycles. The minimum atomic E-state index is 0.148. The molecular formula is C16H23N3OS. The van der Waals surface area contributed by atoms with Crippen LogP contribution in [0, 0.1) is 0 Å².